The van der Waals surface area contributed by atoms with Gasteiger partial charge in [-0.1, -0.05) is 42.4 Å². The molecule has 1 aromatic rings. The molecule has 0 bridgehead atoms. The van der Waals surface area contributed by atoms with E-state index in [0.717, 1.165) is 13.1 Å². The van der Waals surface area contributed by atoms with Gasteiger partial charge in [-0.2, -0.15) is 0 Å². The topological polar surface area (TPSA) is 61.8 Å². The molecule has 0 fully saturated rings. The van der Waals surface area contributed by atoms with Crippen molar-refractivity contribution in [2.45, 2.75) is 33.4 Å². The molecule has 0 radical (unpaired) electrons. The lowest BCUT2D eigenvalue weighted by atomic mass is 10.1. The first kappa shape index (κ1) is 14.5. The van der Waals surface area contributed by atoms with Gasteiger partial charge in [0.15, 0.2) is 0 Å². The van der Waals surface area contributed by atoms with E-state index in [9.17, 15) is 0 Å². The fourth-order valence-corrected chi connectivity index (χ4v) is 1.82. The molecule has 4 nitrogen and oxygen atoms in total. The summed E-state index contributed by atoms with van der Waals surface area (Å²) in [5, 5.41) is 11.8. The van der Waals surface area contributed by atoms with Crippen molar-refractivity contribution >= 4 is 5.84 Å². The first-order chi connectivity index (χ1) is 8.54. The van der Waals surface area contributed by atoms with Gasteiger partial charge in [0, 0.05) is 25.0 Å². The average Bonchev–Trinajstić information content (AvgIpc) is 2.37. The summed E-state index contributed by atoms with van der Waals surface area (Å²) >= 11 is 0. The number of benzene rings is 1. The Morgan fingerprint density at radius 2 is 1.89 bits per heavy atom. The Morgan fingerprint density at radius 1 is 1.28 bits per heavy atom. The van der Waals surface area contributed by atoms with Crippen molar-refractivity contribution in [2.24, 2.45) is 16.8 Å². The number of oxime groups is 1. The van der Waals surface area contributed by atoms with Gasteiger partial charge in [0.2, 0.25) is 0 Å². The summed E-state index contributed by atoms with van der Waals surface area (Å²) in [5.41, 5.74) is 6.91. The highest BCUT2D eigenvalue weighted by molar-refractivity contribution is 5.82. The van der Waals surface area contributed by atoms with Crippen LogP contribution >= 0.6 is 0 Å². The number of hydrogen-bond acceptors (Lipinski definition) is 3. The third kappa shape index (κ3) is 4.37. The number of amidine groups is 1. The van der Waals surface area contributed by atoms with Crippen LogP contribution in [0.1, 0.15) is 26.3 Å². The Balaban J connectivity index is 2.67. The molecule has 0 saturated heterocycles. The van der Waals surface area contributed by atoms with Gasteiger partial charge >= 0.3 is 0 Å². The normalized spacial score (nSPS) is 14.2. The molecule has 3 N–H and O–H groups in total. The van der Waals surface area contributed by atoms with Gasteiger partial charge in [-0.15, -0.1) is 0 Å². The smallest absolute Gasteiger partial charge is 0.143 e. The van der Waals surface area contributed by atoms with Gasteiger partial charge in [-0.25, -0.2) is 0 Å². The molecule has 100 valence electrons. The largest absolute Gasteiger partial charge is 0.409 e. The summed E-state index contributed by atoms with van der Waals surface area (Å²) in [6.45, 7) is 7.93. The lowest BCUT2D eigenvalue weighted by Crippen LogP contribution is -2.38. The number of rotatable bonds is 6. The lowest BCUT2D eigenvalue weighted by molar-refractivity contribution is 0.198. The third-order valence-corrected chi connectivity index (χ3v) is 3.09. The fraction of sp³-hybridized carbons (Fsp3) is 0.500. The standard InChI is InChI=1S/C14H23N3O/c1-11(2)17(9-12(3)14(15)16-18)10-13-7-5-4-6-8-13/h4-8,11-12,18H,9-10H2,1-3H3,(H2,15,16). The average molecular weight is 249 g/mol. The van der Waals surface area contributed by atoms with Crippen molar-refractivity contribution in [3.05, 3.63) is 35.9 Å². The molecular weight excluding hydrogens is 226 g/mol. The molecule has 18 heavy (non-hydrogen) atoms. The van der Waals surface area contributed by atoms with Crippen LogP contribution in [0.3, 0.4) is 0 Å². The highest BCUT2D eigenvalue weighted by atomic mass is 16.4. The molecule has 1 aromatic carbocycles. The maximum absolute atomic E-state index is 8.69. The summed E-state index contributed by atoms with van der Waals surface area (Å²) in [4.78, 5) is 2.32. The zero-order chi connectivity index (χ0) is 13.5. The second-order valence-electron chi connectivity index (χ2n) is 4.93. The Hall–Kier alpha value is -1.55. The predicted molar refractivity (Wildman–Crippen MR) is 74.6 cm³/mol. The van der Waals surface area contributed by atoms with Gasteiger partial charge < -0.3 is 10.9 Å². The van der Waals surface area contributed by atoms with Gasteiger partial charge in [0.1, 0.15) is 5.84 Å². The Bertz CT molecular complexity index is 376. The summed E-state index contributed by atoms with van der Waals surface area (Å²) in [6.07, 6.45) is 0. The first-order valence-electron chi connectivity index (χ1n) is 6.30. The van der Waals surface area contributed by atoms with Gasteiger partial charge in [0.25, 0.3) is 0 Å². The molecule has 0 amide bonds. The summed E-state index contributed by atoms with van der Waals surface area (Å²) < 4.78 is 0. The minimum Gasteiger partial charge on any atom is -0.409 e. The Morgan fingerprint density at radius 3 is 2.39 bits per heavy atom. The zero-order valence-electron chi connectivity index (χ0n) is 11.4. The van der Waals surface area contributed by atoms with Crippen molar-refractivity contribution in [1.82, 2.24) is 4.90 Å². The quantitative estimate of drug-likeness (QED) is 0.352. The van der Waals surface area contributed by atoms with E-state index in [1.165, 1.54) is 5.56 Å². The molecular formula is C14H23N3O. The number of hydrogen-bond donors (Lipinski definition) is 2. The van der Waals surface area contributed by atoms with E-state index in [1.54, 1.807) is 0 Å². The van der Waals surface area contributed by atoms with Gasteiger partial charge in [-0.3, -0.25) is 4.90 Å². The number of nitrogens with two attached hydrogens (primary N) is 1. The number of nitrogens with zero attached hydrogens (tertiary/aromatic N) is 2. The van der Waals surface area contributed by atoms with Crippen LogP contribution in [0.25, 0.3) is 0 Å². The van der Waals surface area contributed by atoms with E-state index < -0.39 is 0 Å². The van der Waals surface area contributed by atoms with E-state index >= 15 is 0 Å². The lowest BCUT2D eigenvalue weighted by Gasteiger charge is -2.29. The van der Waals surface area contributed by atoms with Crippen LogP contribution in [0.5, 0.6) is 0 Å². The Labute approximate surface area is 109 Å². The van der Waals surface area contributed by atoms with Crippen molar-refractivity contribution in [1.29, 1.82) is 0 Å². The monoisotopic (exact) mass is 249 g/mol. The van der Waals surface area contributed by atoms with Crippen LogP contribution in [0.4, 0.5) is 0 Å². The van der Waals surface area contributed by atoms with Crippen LogP contribution in [-0.4, -0.2) is 28.5 Å². The second-order valence-corrected chi connectivity index (χ2v) is 4.93. The first-order valence-corrected chi connectivity index (χ1v) is 6.30. The highest BCUT2D eigenvalue weighted by Gasteiger charge is 2.16. The van der Waals surface area contributed by atoms with E-state index in [4.69, 9.17) is 10.9 Å². The predicted octanol–water partition coefficient (Wildman–Crippen LogP) is 2.28. The van der Waals surface area contributed by atoms with E-state index in [0.29, 0.717) is 6.04 Å². The summed E-state index contributed by atoms with van der Waals surface area (Å²) in [7, 11) is 0. The van der Waals surface area contributed by atoms with Crippen molar-refractivity contribution in [3.8, 4) is 0 Å². The minimum atomic E-state index is 0.0427. The molecule has 0 aliphatic heterocycles. The van der Waals surface area contributed by atoms with Crippen LogP contribution in [-0.2, 0) is 6.54 Å². The zero-order valence-corrected chi connectivity index (χ0v) is 11.4. The van der Waals surface area contributed by atoms with Crippen LogP contribution in [0.15, 0.2) is 35.5 Å². The fourth-order valence-electron chi connectivity index (χ4n) is 1.82. The minimum absolute atomic E-state index is 0.0427. The highest BCUT2D eigenvalue weighted by Crippen LogP contribution is 2.11. The van der Waals surface area contributed by atoms with E-state index in [-0.39, 0.29) is 11.8 Å². The molecule has 0 aliphatic carbocycles. The SMILES string of the molecule is CC(CN(Cc1ccccc1)C(C)C)/C(N)=N/O. The molecule has 0 aliphatic rings. The summed E-state index contributed by atoms with van der Waals surface area (Å²) in [6, 6.07) is 10.7. The molecule has 4 heteroatoms. The maximum Gasteiger partial charge on any atom is 0.143 e. The van der Waals surface area contributed by atoms with Gasteiger partial charge in [0.05, 0.1) is 0 Å². The Kier molecular flexibility index (Phi) is 5.65. The molecule has 0 saturated carbocycles. The maximum atomic E-state index is 8.69. The van der Waals surface area contributed by atoms with Gasteiger partial charge in [-0.05, 0) is 19.4 Å². The van der Waals surface area contributed by atoms with Crippen molar-refractivity contribution in [3.63, 3.8) is 0 Å². The van der Waals surface area contributed by atoms with Crippen molar-refractivity contribution < 1.29 is 5.21 Å². The summed E-state index contributed by atoms with van der Waals surface area (Å²) in [5.74, 6) is 0.329. The molecule has 0 spiro atoms. The molecule has 1 unspecified atom stereocenters. The molecule has 1 atom stereocenters. The molecule has 0 aromatic heterocycles. The van der Waals surface area contributed by atoms with Crippen molar-refractivity contribution in [2.75, 3.05) is 6.54 Å². The van der Waals surface area contributed by atoms with Crippen LogP contribution in [0.2, 0.25) is 0 Å². The third-order valence-electron chi connectivity index (χ3n) is 3.09. The van der Waals surface area contributed by atoms with Crippen LogP contribution < -0.4 is 5.73 Å². The van der Waals surface area contributed by atoms with E-state index in [2.05, 4.69) is 36.0 Å². The molecule has 0 heterocycles. The molecule has 1 rings (SSSR count). The van der Waals surface area contributed by atoms with E-state index in [1.807, 2.05) is 25.1 Å². The van der Waals surface area contributed by atoms with Crippen LogP contribution in [0, 0.1) is 5.92 Å². The second kappa shape index (κ2) is 7.01.